The summed E-state index contributed by atoms with van der Waals surface area (Å²) in [4.78, 5) is 12.9. The van der Waals surface area contributed by atoms with E-state index in [1.54, 1.807) is 0 Å². The molecule has 19 heavy (non-hydrogen) atoms. The molecule has 3 rings (SSSR count). The monoisotopic (exact) mass is 301 g/mol. The zero-order valence-corrected chi connectivity index (χ0v) is 11.6. The molecule has 0 N–H and O–H groups in total. The Balaban J connectivity index is 2.02. The van der Waals surface area contributed by atoms with Crippen LogP contribution >= 0.6 is 11.8 Å². The van der Waals surface area contributed by atoms with Crippen molar-refractivity contribution in [3.05, 3.63) is 30.1 Å². The molecule has 1 aromatic carbocycles. The predicted octanol–water partition coefficient (Wildman–Crippen LogP) is 1.42. The van der Waals surface area contributed by atoms with Gasteiger partial charge in [0.25, 0.3) is 0 Å². The van der Waals surface area contributed by atoms with Gasteiger partial charge in [0.15, 0.2) is 9.84 Å². The van der Waals surface area contributed by atoms with Gasteiger partial charge in [-0.05, 0) is 30.7 Å². The molecule has 0 bridgehead atoms. The van der Waals surface area contributed by atoms with Crippen molar-refractivity contribution in [2.24, 2.45) is 0 Å². The third-order valence-corrected chi connectivity index (χ3v) is 6.84. The van der Waals surface area contributed by atoms with Crippen LogP contribution in [0.25, 0.3) is 0 Å². The molecule has 4 nitrogen and oxygen atoms in total. The van der Waals surface area contributed by atoms with Crippen LogP contribution in [0.4, 0.5) is 10.1 Å². The maximum atomic E-state index is 13.0. The number of halogens is 1. The Labute approximate surface area is 114 Å². The van der Waals surface area contributed by atoms with Crippen molar-refractivity contribution >= 4 is 33.2 Å². The van der Waals surface area contributed by atoms with Gasteiger partial charge in [-0.1, -0.05) is 0 Å². The number of carbonyl (C=O) groups is 1. The summed E-state index contributed by atoms with van der Waals surface area (Å²) in [6, 6.07) is 5.60. The Bertz CT molecular complexity index is 629. The highest BCUT2D eigenvalue weighted by atomic mass is 32.2. The number of sulfone groups is 1. The average molecular weight is 301 g/mol. The lowest BCUT2D eigenvalue weighted by Crippen LogP contribution is -2.45. The van der Waals surface area contributed by atoms with E-state index in [0.29, 0.717) is 12.1 Å². The van der Waals surface area contributed by atoms with Gasteiger partial charge < -0.3 is 0 Å². The fourth-order valence-corrected chi connectivity index (χ4v) is 6.47. The summed E-state index contributed by atoms with van der Waals surface area (Å²) < 4.78 is 36.4. The maximum Gasteiger partial charge on any atom is 0.238 e. The zero-order chi connectivity index (χ0) is 13.7. The molecule has 2 saturated heterocycles. The number of carbonyl (C=O) groups excluding carboxylic acids is 1. The van der Waals surface area contributed by atoms with Gasteiger partial charge in [0.2, 0.25) is 5.91 Å². The second-order valence-electron chi connectivity index (χ2n) is 4.78. The number of nitrogens with zero attached hydrogens (tertiary/aromatic N) is 1. The standard InChI is InChI=1S/C12H12FNO3S2/c13-9-1-3-10(4-2-9)14-11(15)7-18-12(14)5-6-19(16,17)8-12/h1-4H,5-8H2. The summed E-state index contributed by atoms with van der Waals surface area (Å²) in [5.41, 5.74) is 0.563. The van der Waals surface area contributed by atoms with Gasteiger partial charge in [-0.15, -0.1) is 11.8 Å². The molecule has 0 aliphatic carbocycles. The van der Waals surface area contributed by atoms with Crippen molar-refractivity contribution in [3.8, 4) is 0 Å². The molecule has 7 heteroatoms. The van der Waals surface area contributed by atoms with E-state index in [9.17, 15) is 17.6 Å². The van der Waals surface area contributed by atoms with Crippen LogP contribution in [0.3, 0.4) is 0 Å². The van der Waals surface area contributed by atoms with Gasteiger partial charge in [0.1, 0.15) is 10.7 Å². The van der Waals surface area contributed by atoms with E-state index in [1.807, 2.05) is 0 Å². The number of amides is 1. The summed E-state index contributed by atoms with van der Waals surface area (Å²) in [7, 11) is -3.10. The number of hydrogen-bond acceptors (Lipinski definition) is 4. The summed E-state index contributed by atoms with van der Waals surface area (Å²) in [5.74, 6) is -0.143. The van der Waals surface area contributed by atoms with Gasteiger partial charge >= 0.3 is 0 Å². The summed E-state index contributed by atoms with van der Waals surface area (Å²) in [5, 5.41) is 0. The molecular weight excluding hydrogens is 289 g/mol. The molecule has 1 unspecified atom stereocenters. The summed E-state index contributed by atoms with van der Waals surface area (Å²) in [6.07, 6.45) is 0.434. The number of hydrogen-bond donors (Lipinski definition) is 0. The Kier molecular flexibility index (Phi) is 2.86. The van der Waals surface area contributed by atoms with Crippen LogP contribution in [0.5, 0.6) is 0 Å². The lowest BCUT2D eigenvalue weighted by atomic mass is 10.1. The smallest absolute Gasteiger partial charge is 0.238 e. The molecule has 1 atom stereocenters. The van der Waals surface area contributed by atoms with Gasteiger partial charge in [0, 0.05) is 5.69 Å². The average Bonchev–Trinajstić information content (AvgIpc) is 2.82. The van der Waals surface area contributed by atoms with E-state index in [0.717, 1.165) is 0 Å². The second-order valence-corrected chi connectivity index (χ2v) is 8.30. The van der Waals surface area contributed by atoms with Gasteiger partial charge in [-0.25, -0.2) is 12.8 Å². The van der Waals surface area contributed by atoms with Crippen LogP contribution < -0.4 is 4.90 Å². The van der Waals surface area contributed by atoms with Gasteiger partial charge in [-0.2, -0.15) is 0 Å². The van der Waals surface area contributed by atoms with E-state index in [1.165, 1.54) is 40.9 Å². The van der Waals surface area contributed by atoms with Crippen molar-refractivity contribution in [2.45, 2.75) is 11.3 Å². The van der Waals surface area contributed by atoms with Gasteiger partial charge in [0.05, 0.1) is 17.3 Å². The normalized spacial score (nSPS) is 29.3. The van der Waals surface area contributed by atoms with Crippen LogP contribution in [0.1, 0.15) is 6.42 Å². The molecule has 0 saturated carbocycles. The molecule has 2 aliphatic rings. The molecule has 1 spiro atoms. The van der Waals surface area contributed by atoms with Gasteiger partial charge in [-0.3, -0.25) is 9.69 Å². The molecule has 0 aromatic heterocycles. The first-order valence-electron chi connectivity index (χ1n) is 5.85. The van der Waals surface area contributed by atoms with Crippen LogP contribution in [0.2, 0.25) is 0 Å². The molecule has 1 amide bonds. The molecule has 102 valence electrons. The van der Waals surface area contributed by atoms with Crippen LogP contribution in [0.15, 0.2) is 24.3 Å². The molecule has 0 radical (unpaired) electrons. The number of rotatable bonds is 1. The SMILES string of the molecule is O=C1CSC2(CCS(=O)(=O)C2)N1c1ccc(F)cc1. The Morgan fingerprint density at radius 1 is 1.26 bits per heavy atom. The highest BCUT2D eigenvalue weighted by Gasteiger charge is 2.53. The molecule has 1 aromatic rings. The first-order chi connectivity index (χ1) is 8.92. The third kappa shape index (κ3) is 2.14. The van der Waals surface area contributed by atoms with E-state index >= 15 is 0 Å². The van der Waals surface area contributed by atoms with Crippen LogP contribution in [-0.4, -0.2) is 36.5 Å². The lowest BCUT2D eigenvalue weighted by molar-refractivity contribution is -0.116. The number of benzene rings is 1. The molecule has 2 heterocycles. The van der Waals surface area contributed by atoms with Crippen LogP contribution in [-0.2, 0) is 14.6 Å². The Morgan fingerprint density at radius 3 is 2.53 bits per heavy atom. The quantitative estimate of drug-likeness (QED) is 0.787. The molecular formula is C12H12FNO3S2. The zero-order valence-electron chi connectivity index (χ0n) is 10.0. The van der Waals surface area contributed by atoms with Crippen molar-refractivity contribution in [1.82, 2.24) is 0 Å². The van der Waals surface area contributed by atoms with E-state index in [2.05, 4.69) is 0 Å². The third-order valence-electron chi connectivity index (χ3n) is 3.46. The predicted molar refractivity (Wildman–Crippen MR) is 72.3 cm³/mol. The minimum Gasteiger partial charge on any atom is -0.295 e. The first-order valence-corrected chi connectivity index (χ1v) is 8.66. The fraction of sp³-hybridized carbons (Fsp3) is 0.417. The largest absolute Gasteiger partial charge is 0.295 e. The highest BCUT2D eigenvalue weighted by molar-refractivity contribution is 8.03. The van der Waals surface area contributed by atoms with E-state index in [4.69, 9.17) is 0 Å². The van der Waals surface area contributed by atoms with Crippen molar-refractivity contribution in [1.29, 1.82) is 0 Å². The Morgan fingerprint density at radius 2 is 1.95 bits per heavy atom. The van der Waals surface area contributed by atoms with Crippen molar-refractivity contribution in [2.75, 3.05) is 22.2 Å². The van der Waals surface area contributed by atoms with Crippen molar-refractivity contribution < 1.29 is 17.6 Å². The number of thioether (sulfide) groups is 1. The topological polar surface area (TPSA) is 54.5 Å². The van der Waals surface area contributed by atoms with Crippen molar-refractivity contribution in [3.63, 3.8) is 0 Å². The van der Waals surface area contributed by atoms with E-state index in [-0.39, 0.29) is 29.0 Å². The van der Waals surface area contributed by atoms with Crippen LogP contribution in [0, 0.1) is 5.82 Å². The number of anilines is 1. The highest BCUT2D eigenvalue weighted by Crippen LogP contribution is 2.46. The second kappa shape index (κ2) is 4.21. The lowest BCUT2D eigenvalue weighted by Gasteiger charge is -2.32. The van der Waals surface area contributed by atoms with E-state index < -0.39 is 14.7 Å². The molecule has 2 aliphatic heterocycles. The fourth-order valence-electron chi connectivity index (χ4n) is 2.62. The summed E-state index contributed by atoms with van der Waals surface area (Å²) in [6.45, 7) is 0. The minimum atomic E-state index is -3.10. The molecule has 2 fully saturated rings. The first kappa shape index (κ1) is 12.9. The minimum absolute atomic E-state index is 0.0201. The maximum absolute atomic E-state index is 13.0. The Hall–Kier alpha value is -1.08. The summed E-state index contributed by atoms with van der Waals surface area (Å²) >= 11 is 1.37.